The molecule has 1 saturated heterocycles. The maximum Gasteiger partial charge on any atom is 0.416 e. The Hall–Kier alpha value is -2.25. The number of carboxylic acids is 1. The van der Waals surface area contributed by atoms with E-state index in [2.05, 4.69) is 4.74 Å². The Labute approximate surface area is 111 Å². The number of ether oxygens (including phenoxy) is 1. The molecule has 108 valence electrons. The van der Waals surface area contributed by atoms with E-state index in [-0.39, 0.29) is 5.69 Å². The SMILES string of the molecule is CC1(C(=O)O)COC(=O)N1c1cccc(C(F)(F)F)c1. The third-order valence-corrected chi connectivity index (χ3v) is 3.05. The zero-order chi connectivity index (χ0) is 15.1. The fourth-order valence-corrected chi connectivity index (χ4v) is 1.90. The van der Waals surface area contributed by atoms with Crippen LogP contribution in [0.2, 0.25) is 0 Å². The molecule has 0 saturated carbocycles. The lowest BCUT2D eigenvalue weighted by molar-refractivity contribution is -0.142. The van der Waals surface area contributed by atoms with E-state index in [1.165, 1.54) is 13.0 Å². The van der Waals surface area contributed by atoms with Crippen LogP contribution in [0.3, 0.4) is 0 Å². The standard InChI is InChI=1S/C12H10F3NO4/c1-11(9(17)18)6-20-10(19)16(11)8-4-2-3-7(5-8)12(13,14)15/h2-5H,6H2,1H3,(H,17,18). The number of amides is 1. The summed E-state index contributed by atoms with van der Waals surface area (Å²) in [7, 11) is 0. The smallest absolute Gasteiger partial charge is 0.416 e. The topological polar surface area (TPSA) is 66.8 Å². The van der Waals surface area contributed by atoms with Crippen molar-refractivity contribution in [2.75, 3.05) is 11.5 Å². The van der Waals surface area contributed by atoms with Crippen molar-refractivity contribution in [2.45, 2.75) is 18.6 Å². The number of carboxylic acid groups (broad SMARTS) is 1. The summed E-state index contributed by atoms with van der Waals surface area (Å²) in [5.41, 5.74) is -2.88. The van der Waals surface area contributed by atoms with Crippen molar-refractivity contribution in [1.82, 2.24) is 0 Å². The van der Waals surface area contributed by atoms with Crippen molar-refractivity contribution in [2.24, 2.45) is 0 Å². The van der Waals surface area contributed by atoms with Gasteiger partial charge in [0, 0.05) is 5.69 Å². The van der Waals surface area contributed by atoms with Gasteiger partial charge in [-0.2, -0.15) is 13.2 Å². The molecule has 1 N–H and O–H groups in total. The molecular formula is C12H10F3NO4. The second-order valence-electron chi connectivity index (χ2n) is 4.52. The van der Waals surface area contributed by atoms with Crippen LogP contribution in [0.15, 0.2) is 24.3 Å². The zero-order valence-corrected chi connectivity index (χ0v) is 10.3. The lowest BCUT2D eigenvalue weighted by Crippen LogP contribution is -2.51. The number of anilines is 1. The molecule has 20 heavy (non-hydrogen) atoms. The maximum absolute atomic E-state index is 12.7. The summed E-state index contributed by atoms with van der Waals surface area (Å²) in [5, 5.41) is 9.16. The Balaban J connectivity index is 2.49. The van der Waals surface area contributed by atoms with Crippen LogP contribution in [0.5, 0.6) is 0 Å². The second kappa shape index (κ2) is 4.39. The lowest BCUT2D eigenvalue weighted by atomic mass is 10.0. The average Bonchev–Trinajstić information content (AvgIpc) is 2.66. The number of cyclic esters (lactones) is 1. The first kappa shape index (κ1) is 14.2. The number of benzene rings is 1. The van der Waals surface area contributed by atoms with Crippen molar-refractivity contribution in [3.63, 3.8) is 0 Å². The number of nitrogens with zero attached hydrogens (tertiary/aromatic N) is 1. The van der Waals surface area contributed by atoms with Crippen LogP contribution >= 0.6 is 0 Å². The largest absolute Gasteiger partial charge is 0.479 e. The fourth-order valence-electron chi connectivity index (χ4n) is 1.90. The van der Waals surface area contributed by atoms with Crippen molar-refractivity contribution in [3.05, 3.63) is 29.8 Å². The molecule has 0 aliphatic carbocycles. The zero-order valence-electron chi connectivity index (χ0n) is 10.3. The monoisotopic (exact) mass is 289 g/mol. The van der Waals surface area contributed by atoms with Gasteiger partial charge in [0.1, 0.15) is 6.61 Å². The van der Waals surface area contributed by atoms with E-state index in [4.69, 9.17) is 5.11 Å². The van der Waals surface area contributed by atoms with Gasteiger partial charge in [-0.15, -0.1) is 0 Å². The van der Waals surface area contributed by atoms with E-state index in [1.54, 1.807) is 0 Å². The van der Waals surface area contributed by atoms with Gasteiger partial charge in [-0.3, -0.25) is 4.90 Å². The molecule has 1 fully saturated rings. The van der Waals surface area contributed by atoms with Gasteiger partial charge in [0.05, 0.1) is 5.56 Å². The molecule has 1 heterocycles. The molecule has 1 aliphatic heterocycles. The predicted octanol–water partition coefficient (Wildman–Crippen LogP) is 2.51. The number of carbonyl (C=O) groups excluding carboxylic acids is 1. The minimum absolute atomic E-state index is 0.174. The summed E-state index contributed by atoms with van der Waals surface area (Å²) in [6, 6.07) is 3.88. The highest BCUT2D eigenvalue weighted by atomic mass is 19.4. The highest BCUT2D eigenvalue weighted by molar-refractivity contribution is 6.00. The Morgan fingerprint density at radius 3 is 2.65 bits per heavy atom. The summed E-state index contributed by atoms with van der Waals surface area (Å²) < 4.78 is 42.6. The summed E-state index contributed by atoms with van der Waals surface area (Å²) in [6.45, 7) is 0.776. The van der Waals surface area contributed by atoms with Gasteiger partial charge in [-0.25, -0.2) is 9.59 Å². The minimum Gasteiger partial charge on any atom is -0.479 e. The van der Waals surface area contributed by atoms with Crippen molar-refractivity contribution < 1.29 is 32.6 Å². The van der Waals surface area contributed by atoms with Crippen molar-refractivity contribution in [3.8, 4) is 0 Å². The Morgan fingerprint density at radius 2 is 2.10 bits per heavy atom. The van der Waals surface area contributed by atoms with Crippen LogP contribution < -0.4 is 4.90 Å². The van der Waals surface area contributed by atoms with Gasteiger partial charge in [0.2, 0.25) is 0 Å². The lowest BCUT2D eigenvalue weighted by Gasteiger charge is -2.27. The quantitative estimate of drug-likeness (QED) is 0.908. The minimum atomic E-state index is -4.58. The molecule has 0 bridgehead atoms. The molecule has 8 heteroatoms. The van der Waals surface area contributed by atoms with Crippen LogP contribution in [-0.2, 0) is 15.7 Å². The number of alkyl halides is 3. The maximum atomic E-state index is 12.7. The van der Waals surface area contributed by atoms with E-state index in [0.29, 0.717) is 11.0 Å². The molecule has 0 radical (unpaired) electrons. The first-order chi connectivity index (χ1) is 9.16. The molecule has 2 rings (SSSR count). The molecule has 1 aliphatic rings. The molecule has 1 unspecified atom stereocenters. The van der Waals surface area contributed by atoms with Crippen LogP contribution in [-0.4, -0.2) is 29.3 Å². The average molecular weight is 289 g/mol. The van der Waals surface area contributed by atoms with E-state index in [9.17, 15) is 22.8 Å². The fraction of sp³-hybridized carbons (Fsp3) is 0.333. The van der Waals surface area contributed by atoms with Gasteiger partial charge >= 0.3 is 18.2 Å². The normalized spacial score (nSPS) is 22.8. The highest BCUT2D eigenvalue weighted by Gasteiger charge is 2.51. The van der Waals surface area contributed by atoms with Gasteiger partial charge in [-0.1, -0.05) is 6.07 Å². The van der Waals surface area contributed by atoms with Crippen LogP contribution in [0.1, 0.15) is 12.5 Å². The highest BCUT2D eigenvalue weighted by Crippen LogP contribution is 2.35. The molecule has 1 aromatic rings. The third-order valence-electron chi connectivity index (χ3n) is 3.05. The van der Waals surface area contributed by atoms with Crippen molar-refractivity contribution in [1.29, 1.82) is 0 Å². The summed E-state index contributed by atoms with van der Waals surface area (Å²) in [4.78, 5) is 23.6. The number of rotatable bonds is 2. The Kier molecular flexibility index (Phi) is 3.11. The van der Waals surface area contributed by atoms with E-state index < -0.39 is 35.9 Å². The predicted molar refractivity (Wildman–Crippen MR) is 61.3 cm³/mol. The Bertz CT molecular complexity index is 572. The number of halogens is 3. The van der Waals surface area contributed by atoms with Gasteiger partial charge in [0.25, 0.3) is 0 Å². The third kappa shape index (κ3) is 2.17. The second-order valence-corrected chi connectivity index (χ2v) is 4.52. The van der Waals surface area contributed by atoms with Crippen LogP contribution in [0.4, 0.5) is 23.7 Å². The molecule has 1 aromatic carbocycles. The van der Waals surface area contributed by atoms with E-state index in [0.717, 1.165) is 12.1 Å². The summed E-state index contributed by atoms with van der Waals surface area (Å²) in [6.07, 6.45) is -5.58. The molecule has 1 amide bonds. The van der Waals surface area contributed by atoms with Crippen molar-refractivity contribution >= 4 is 17.7 Å². The first-order valence-electron chi connectivity index (χ1n) is 5.54. The van der Waals surface area contributed by atoms with Gasteiger partial charge < -0.3 is 9.84 Å². The Morgan fingerprint density at radius 1 is 1.45 bits per heavy atom. The van der Waals surface area contributed by atoms with Gasteiger partial charge in [0.15, 0.2) is 5.54 Å². The molecule has 0 spiro atoms. The summed E-state index contributed by atoms with van der Waals surface area (Å²) in [5.74, 6) is -1.36. The molecule has 1 atom stereocenters. The molecular weight excluding hydrogens is 279 g/mol. The van der Waals surface area contributed by atoms with Gasteiger partial charge in [-0.05, 0) is 25.1 Å². The number of carbonyl (C=O) groups is 2. The number of aliphatic carboxylic acids is 1. The number of hydrogen-bond acceptors (Lipinski definition) is 3. The molecule has 5 nitrogen and oxygen atoms in total. The first-order valence-corrected chi connectivity index (χ1v) is 5.54. The van der Waals surface area contributed by atoms with Crippen LogP contribution in [0, 0.1) is 0 Å². The van der Waals surface area contributed by atoms with E-state index >= 15 is 0 Å². The van der Waals surface area contributed by atoms with E-state index in [1.807, 2.05) is 0 Å². The number of hydrogen-bond donors (Lipinski definition) is 1. The summed E-state index contributed by atoms with van der Waals surface area (Å²) >= 11 is 0. The van der Waals surface area contributed by atoms with Crippen LogP contribution in [0.25, 0.3) is 0 Å². The molecule has 0 aromatic heterocycles.